The molecule has 0 aliphatic carbocycles. The Morgan fingerprint density at radius 2 is 1.47 bits per heavy atom. The zero-order valence-electron chi connectivity index (χ0n) is 42.2. The number of hydrogen-bond donors (Lipinski definition) is 4. The molecule has 0 bridgehead atoms. The van der Waals surface area contributed by atoms with Gasteiger partial charge in [0.2, 0.25) is 11.8 Å². The Morgan fingerprint density at radius 3 is 2.21 bits per heavy atom. The van der Waals surface area contributed by atoms with Crippen LogP contribution in [0.5, 0.6) is 29.3 Å². The van der Waals surface area contributed by atoms with Crippen molar-refractivity contribution in [2.24, 2.45) is 5.92 Å². The van der Waals surface area contributed by atoms with E-state index in [2.05, 4.69) is 35.9 Å². The zero-order valence-corrected chi connectivity index (χ0v) is 42.2. The Hall–Kier alpha value is -7.18. The standard InChI is InChI=1S/C55H67N11O7/c1-4-50(70)63-24-26-64(27-25-63)52-43-15-19-65(47-30-41(67)29-39-7-5-6-8-42(39)47)35-46(43)56-54(57-52)73-28-16-51(71)62-17-13-38(14-18-62)34-61-22-20-60(21-23-61)33-37-9-11-40(12-10-37)66-53(58-59-55(66)72)45-31-44(36(2)3)48(68)32-49(45)69/h5-12,29-32,36,38,67-69H,4,13-28,33-35H2,1-3H3,(H,59,72). The Labute approximate surface area is 426 Å². The van der Waals surface area contributed by atoms with Crippen LogP contribution in [0, 0.1) is 5.92 Å². The maximum absolute atomic E-state index is 13.6. The fraction of sp³-hybridized carbons (Fsp3) is 0.455. The quantitative estimate of drug-likeness (QED) is 0.0952. The van der Waals surface area contributed by atoms with Gasteiger partial charge in [-0.15, -0.1) is 5.10 Å². The number of aromatic nitrogens is 5. The molecule has 3 saturated heterocycles. The highest BCUT2D eigenvalue weighted by atomic mass is 16.5. The third kappa shape index (κ3) is 10.8. The first-order valence-corrected chi connectivity index (χ1v) is 25.9. The number of ether oxygens (including phenoxy) is 1. The largest absolute Gasteiger partial charge is 0.508 e. The number of carbonyl (C=O) groups excluding carboxylic acids is 2. The smallest absolute Gasteiger partial charge is 0.319 e. The Balaban J connectivity index is 0.699. The first-order valence-electron chi connectivity index (χ1n) is 25.9. The van der Waals surface area contributed by atoms with Gasteiger partial charge in [-0.2, -0.15) is 9.97 Å². The molecule has 4 aromatic carbocycles. The van der Waals surface area contributed by atoms with E-state index in [1.54, 1.807) is 12.1 Å². The van der Waals surface area contributed by atoms with Crippen LogP contribution in [0.2, 0.25) is 0 Å². The van der Waals surface area contributed by atoms with Crippen LogP contribution in [0.1, 0.15) is 74.8 Å². The van der Waals surface area contributed by atoms with Crippen LogP contribution in [0.4, 0.5) is 11.5 Å². The number of nitrogens with zero attached hydrogens (tertiary/aromatic N) is 11. The molecule has 10 rings (SSSR count). The zero-order chi connectivity index (χ0) is 50.8. The number of carbonyl (C=O) groups is 2. The molecule has 18 nitrogen and oxygen atoms in total. The second-order valence-corrected chi connectivity index (χ2v) is 20.2. The maximum Gasteiger partial charge on any atom is 0.319 e. The molecule has 2 amide bonds. The lowest BCUT2D eigenvalue weighted by Crippen LogP contribution is -2.49. The van der Waals surface area contributed by atoms with Crippen molar-refractivity contribution in [3.8, 4) is 46.3 Å². The minimum Gasteiger partial charge on any atom is -0.508 e. The highest BCUT2D eigenvalue weighted by molar-refractivity contribution is 5.95. The molecule has 2 aromatic heterocycles. The fourth-order valence-electron chi connectivity index (χ4n) is 11.0. The van der Waals surface area contributed by atoms with Gasteiger partial charge in [0, 0.05) is 120 Å². The lowest BCUT2D eigenvalue weighted by atomic mass is 9.95. The maximum atomic E-state index is 13.6. The summed E-state index contributed by atoms with van der Waals surface area (Å²) in [6, 6.07) is 22.5. The van der Waals surface area contributed by atoms with Gasteiger partial charge in [-0.05, 0) is 71.9 Å². The number of fused-ring (bicyclic) bond motifs is 2. The Morgan fingerprint density at radius 1 is 0.740 bits per heavy atom. The molecule has 18 heteroatoms. The van der Waals surface area contributed by atoms with Crippen molar-refractivity contribution in [3.05, 3.63) is 95.2 Å². The van der Waals surface area contributed by atoms with Crippen LogP contribution in [-0.4, -0.2) is 162 Å². The van der Waals surface area contributed by atoms with E-state index in [1.807, 2.05) is 79.1 Å². The van der Waals surface area contributed by atoms with Crippen LogP contribution in [0.3, 0.4) is 0 Å². The number of phenols is 3. The van der Waals surface area contributed by atoms with Crippen LogP contribution in [-0.2, 0) is 29.1 Å². The van der Waals surface area contributed by atoms with Crippen molar-refractivity contribution in [1.29, 1.82) is 0 Å². The third-order valence-electron chi connectivity index (χ3n) is 15.2. The summed E-state index contributed by atoms with van der Waals surface area (Å²) in [5.41, 5.74) is 5.72. The van der Waals surface area contributed by atoms with Gasteiger partial charge in [0.25, 0.3) is 0 Å². The number of amides is 2. The molecule has 0 atom stereocenters. The summed E-state index contributed by atoms with van der Waals surface area (Å²) in [6.07, 6.45) is 3.36. The fourth-order valence-corrected chi connectivity index (χ4v) is 11.0. The SMILES string of the molecule is CCC(=O)N1CCN(c2nc(OCCC(=O)N3CCC(CN4CCN(Cc5ccc(-n6c(O)nnc6-c6cc(C(C)C)c(O)cc6O)cc5)CC4)CC3)nc3c2CCN(c2cc(O)cc4ccccc24)C3)CC1. The average Bonchev–Trinajstić information content (AvgIpc) is 3.79. The molecule has 73 heavy (non-hydrogen) atoms. The molecule has 6 heterocycles. The molecule has 4 N–H and O–H groups in total. The van der Waals surface area contributed by atoms with E-state index < -0.39 is 0 Å². The summed E-state index contributed by atoms with van der Waals surface area (Å²) in [5.74, 6) is 1.95. The van der Waals surface area contributed by atoms with Gasteiger partial charge in [-0.1, -0.05) is 62.3 Å². The van der Waals surface area contributed by atoms with E-state index in [4.69, 9.17) is 14.7 Å². The van der Waals surface area contributed by atoms with E-state index in [9.17, 15) is 30.0 Å². The Kier molecular flexibility index (Phi) is 14.5. The highest BCUT2D eigenvalue weighted by Gasteiger charge is 2.31. The molecular formula is C55H67N11O7. The predicted octanol–water partition coefficient (Wildman–Crippen LogP) is 6.27. The van der Waals surface area contributed by atoms with Gasteiger partial charge in [0.05, 0.1) is 29.9 Å². The number of phenolic OH excluding ortho intramolecular Hbond substituents is 3. The summed E-state index contributed by atoms with van der Waals surface area (Å²) in [5, 5.41) is 52.5. The third-order valence-corrected chi connectivity index (χ3v) is 15.2. The number of hydrogen-bond acceptors (Lipinski definition) is 15. The average molecular weight is 994 g/mol. The van der Waals surface area contributed by atoms with Crippen molar-refractivity contribution >= 4 is 34.1 Å². The number of rotatable bonds is 14. The molecule has 3 fully saturated rings. The lowest BCUT2D eigenvalue weighted by molar-refractivity contribution is -0.133. The summed E-state index contributed by atoms with van der Waals surface area (Å²) in [7, 11) is 0. The topological polar surface area (TPSA) is 200 Å². The van der Waals surface area contributed by atoms with Crippen LogP contribution < -0.4 is 14.5 Å². The van der Waals surface area contributed by atoms with Crippen LogP contribution >= 0.6 is 0 Å². The van der Waals surface area contributed by atoms with Gasteiger partial charge in [0.15, 0.2) is 5.82 Å². The minimum absolute atomic E-state index is 0.00363. The van der Waals surface area contributed by atoms with Gasteiger partial charge in [-0.25, -0.2) is 4.57 Å². The molecule has 0 unspecified atom stereocenters. The van der Waals surface area contributed by atoms with Gasteiger partial charge >= 0.3 is 12.0 Å². The van der Waals surface area contributed by atoms with Crippen molar-refractivity contribution in [2.75, 3.05) is 94.9 Å². The van der Waals surface area contributed by atoms with E-state index >= 15 is 0 Å². The second-order valence-electron chi connectivity index (χ2n) is 20.2. The molecule has 4 aliphatic heterocycles. The summed E-state index contributed by atoms with van der Waals surface area (Å²) >= 11 is 0. The molecule has 0 spiro atoms. The number of benzene rings is 4. The van der Waals surface area contributed by atoms with Crippen LogP contribution in [0.15, 0.2) is 72.8 Å². The van der Waals surface area contributed by atoms with E-state index in [0.29, 0.717) is 68.3 Å². The second kappa shape index (κ2) is 21.5. The normalized spacial score (nSPS) is 17.2. The van der Waals surface area contributed by atoms with E-state index in [-0.39, 0.29) is 65.9 Å². The van der Waals surface area contributed by atoms with Gasteiger partial charge in [0.1, 0.15) is 29.7 Å². The van der Waals surface area contributed by atoms with E-state index in [1.165, 1.54) is 10.6 Å². The molecule has 4 aliphatic rings. The van der Waals surface area contributed by atoms with Crippen molar-refractivity contribution in [2.45, 2.75) is 71.9 Å². The lowest BCUT2D eigenvalue weighted by Gasteiger charge is -2.39. The van der Waals surface area contributed by atoms with Crippen LogP contribution in [0.25, 0.3) is 27.8 Å². The monoisotopic (exact) mass is 994 g/mol. The summed E-state index contributed by atoms with van der Waals surface area (Å²) in [4.78, 5) is 49.4. The minimum atomic E-state index is -0.296. The van der Waals surface area contributed by atoms with Crippen molar-refractivity contribution < 1.29 is 34.8 Å². The number of piperazine rings is 2. The number of aromatic hydroxyl groups is 4. The number of piperidine rings is 1. The van der Waals surface area contributed by atoms with Crippen molar-refractivity contribution in [1.82, 2.24) is 44.3 Å². The van der Waals surface area contributed by atoms with E-state index in [0.717, 1.165) is 111 Å². The summed E-state index contributed by atoms with van der Waals surface area (Å²) in [6.45, 7) is 16.9. The van der Waals surface area contributed by atoms with Crippen molar-refractivity contribution in [3.63, 3.8) is 0 Å². The number of likely N-dealkylation sites (tertiary alicyclic amines) is 1. The number of anilines is 2. The first kappa shape index (κ1) is 49.4. The highest BCUT2D eigenvalue weighted by Crippen LogP contribution is 2.40. The molecule has 0 saturated carbocycles. The summed E-state index contributed by atoms with van der Waals surface area (Å²) < 4.78 is 7.74. The predicted molar refractivity (Wildman–Crippen MR) is 278 cm³/mol. The first-order chi connectivity index (χ1) is 35.4. The molecular weight excluding hydrogens is 927 g/mol. The van der Waals surface area contributed by atoms with Gasteiger partial charge in [-0.3, -0.25) is 14.5 Å². The molecule has 384 valence electrons. The van der Waals surface area contributed by atoms with Gasteiger partial charge < -0.3 is 49.7 Å². The molecule has 0 radical (unpaired) electrons. The Bertz CT molecular complexity index is 2940. The molecule has 6 aromatic rings.